The SMILES string of the molecule is CC1CCCCC1n1c(O)c(C(=O)NCC(=O)O)c(=O)n(C2CCCCC2)c1=O. The van der Waals surface area contributed by atoms with Gasteiger partial charge in [-0.1, -0.05) is 39.0 Å². The minimum atomic E-state index is -1.26. The fraction of sp³-hybridized carbons (Fsp3) is 0.700. The second kappa shape index (κ2) is 8.84. The van der Waals surface area contributed by atoms with Crippen molar-refractivity contribution in [2.45, 2.75) is 76.8 Å². The van der Waals surface area contributed by atoms with Crippen molar-refractivity contribution in [1.29, 1.82) is 0 Å². The van der Waals surface area contributed by atoms with Gasteiger partial charge in [-0.2, -0.15) is 0 Å². The molecule has 2 aliphatic rings. The maximum atomic E-state index is 13.3. The molecule has 3 N–H and O–H groups in total. The van der Waals surface area contributed by atoms with Gasteiger partial charge in [-0.15, -0.1) is 0 Å². The molecule has 160 valence electrons. The first-order valence-corrected chi connectivity index (χ1v) is 10.4. The van der Waals surface area contributed by atoms with Crippen LogP contribution in [-0.2, 0) is 4.79 Å². The molecule has 9 heteroatoms. The lowest BCUT2D eigenvalue weighted by atomic mass is 9.85. The van der Waals surface area contributed by atoms with Crippen LogP contribution in [0.4, 0.5) is 0 Å². The van der Waals surface area contributed by atoms with E-state index >= 15 is 0 Å². The highest BCUT2D eigenvalue weighted by molar-refractivity contribution is 5.97. The largest absolute Gasteiger partial charge is 0.494 e. The summed E-state index contributed by atoms with van der Waals surface area (Å²) >= 11 is 0. The molecule has 2 saturated carbocycles. The Bertz CT molecular complexity index is 897. The van der Waals surface area contributed by atoms with E-state index in [4.69, 9.17) is 5.11 Å². The highest BCUT2D eigenvalue weighted by Gasteiger charge is 2.33. The molecular formula is C20H29N3O6. The highest BCUT2D eigenvalue weighted by Crippen LogP contribution is 2.35. The van der Waals surface area contributed by atoms with Gasteiger partial charge in [-0.05, 0) is 31.6 Å². The zero-order chi connectivity index (χ0) is 21.1. The minimum absolute atomic E-state index is 0.111. The van der Waals surface area contributed by atoms with Crippen LogP contribution in [0.15, 0.2) is 9.59 Å². The quantitative estimate of drug-likeness (QED) is 0.682. The number of amides is 1. The molecular weight excluding hydrogens is 378 g/mol. The highest BCUT2D eigenvalue weighted by atomic mass is 16.4. The molecule has 3 rings (SSSR count). The molecule has 1 heterocycles. The Morgan fingerprint density at radius 2 is 1.62 bits per heavy atom. The van der Waals surface area contributed by atoms with Crippen LogP contribution in [0.5, 0.6) is 5.88 Å². The van der Waals surface area contributed by atoms with Gasteiger partial charge < -0.3 is 15.5 Å². The van der Waals surface area contributed by atoms with Crippen molar-refractivity contribution in [3.8, 4) is 5.88 Å². The standard InChI is InChI=1S/C20H29N3O6/c1-12-7-5-6-10-14(12)23-19(28)16(17(26)21-11-15(24)25)18(27)22(20(23)29)13-8-3-2-4-9-13/h12-14,28H,2-11H2,1H3,(H,21,26)(H,24,25). The van der Waals surface area contributed by atoms with Crippen LogP contribution >= 0.6 is 0 Å². The van der Waals surface area contributed by atoms with E-state index in [1.165, 1.54) is 4.57 Å². The number of aliphatic carboxylic acids is 1. The summed E-state index contributed by atoms with van der Waals surface area (Å²) in [5.41, 5.74) is -1.97. The van der Waals surface area contributed by atoms with Gasteiger partial charge >= 0.3 is 11.7 Å². The molecule has 1 aromatic rings. The van der Waals surface area contributed by atoms with Crippen LogP contribution in [0.2, 0.25) is 0 Å². The Morgan fingerprint density at radius 1 is 1.00 bits per heavy atom. The van der Waals surface area contributed by atoms with Gasteiger partial charge in [0.15, 0.2) is 5.56 Å². The van der Waals surface area contributed by atoms with E-state index < -0.39 is 41.1 Å². The van der Waals surface area contributed by atoms with Crippen LogP contribution in [0.1, 0.15) is 87.2 Å². The third-order valence-corrected chi connectivity index (χ3v) is 6.26. The number of carbonyl (C=O) groups excluding carboxylic acids is 1. The van der Waals surface area contributed by atoms with Gasteiger partial charge in [0, 0.05) is 12.1 Å². The van der Waals surface area contributed by atoms with E-state index in [0.717, 1.165) is 43.1 Å². The Labute approximate surface area is 168 Å². The van der Waals surface area contributed by atoms with E-state index in [1.54, 1.807) is 0 Å². The average molecular weight is 407 g/mol. The van der Waals surface area contributed by atoms with Gasteiger partial charge in [-0.25, -0.2) is 4.79 Å². The van der Waals surface area contributed by atoms with Gasteiger partial charge in [0.2, 0.25) is 5.88 Å². The monoisotopic (exact) mass is 407 g/mol. The molecule has 0 spiro atoms. The number of nitrogens with one attached hydrogen (secondary N) is 1. The summed E-state index contributed by atoms with van der Waals surface area (Å²) < 4.78 is 2.32. The fourth-order valence-electron chi connectivity index (χ4n) is 4.71. The topological polar surface area (TPSA) is 131 Å². The number of hydrogen-bond donors (Lipinski definition) is 3. The lowest BCUT2D eigenvalue weighted by Gasteiger charge is -2.33. The smallest absolute Gasteiger partial charge is 0.334 e. The Hall–Kier alpha value is -2.58. The second-order valence-corrected chi connectivity index (χ2v) is 8.22. The molecule has 1 amide bonds. The summed E-state index contributed by atoms with van der Waals surface area (Å²) in [6.45, 7) is 1.32. The van der Waals surface area contributed by atoms with E-state index in [2.05, 4.69) is 5.32 Å². The van der Waals surface area contributed by atoms with Crippen molar-refractivity contribution in [2.75, 3.05) is 6.54 Å². The Morgan fingerprint density at radius 3 is 2.24 bits per heavy atom. The summed E-state index contributed by atoms with van der Waals surface area (Å²) in [6.07, 6.45) is 7.62. The molecule has 0 radical (unpaired) electrons. The van der Waals surface area contributed by atoms with Crippen LogP contribution in [-0.4, -0.2) is 37.8 Å². The number of aromatic nitrogens is 2. The molecule has 0 aliphatic heterocycles. The van der Waals surface area contributed by atoms with Gasteiger partial charge in [0.1, 0.15) is 6.54 Å². The normalized spacial score (nSPS) is 22.9. The first-order chi connectivity index (χ1) is 13.8. The predicted octanol–water partition coefficient (Wildman–Crippen LogP) is 1.79. The van der Waals surface area contributed by atoms with Crippen LogP contribution in [0.3, 0.4) is 0 Å². The molecule has 0 bridgehead atoms. The summed E-state index contributed by atoms with van der Waals surface area (Å²) in [5, 5.41) is 21.8. The molecule has 1 aromatic heterocycles. The van der Waals surface area contributed by atoms with E-state index in [9.17, 15) is 24.3 Å². The molecule has 2 unspecified atom stereocenters. The van der Waals surface area contributed by atoms with Crippen molar-refractivity contribution in [2.24, 2.45) is 5.92 Å². The van der Waals surface area contributed by atoms with Crippen molar-refractivity contribution >= 4 is 11.9 Å². The maximum Gasteiger partial charge on any atom is 0.334 e. The first kappa shape index (κ1) is 21.1. The first-order valence-electron chi connectivity index (χ1n) is 10.4. The van der Waals surface area contributed by atoms with Crippen molar-refractivity contribution in [1.82, 2.24) is 14.5 Å². The zero-order valence-electron chi connectivity index (χ0n) is 16.7. The molecule has 0 aromatic carbocycles. The van der Waals surface area contributed by atoms with Gasteiger partial charge in [0.25, 0.3) is 11.5 Å². The zero-order valence-corrected chi connectivity index (χ0v) is 16.7. The molecule has 2 aliphatic carbocycles. The molecule has 2 atom stereocenters. The summed E-state index contributed by atoms with van der Waals surface area (Å²) in [4.78, 5) is 49.8. The molecule has 2 fully saturated rings. The third-order valence-electron chi connectivity index (χ3n) is 6.26. The number of aromatic hydroxyl groups is 1. The molecule has 9 nitrogen and oxygen atoms in total. The van der Waals surface area contributed by atoms with E-state index in [0.29, 0.717) is 19.3 Å². The Kier molecular flexibility index (Phi) is 6.44. The number of nitrogens with zero attached hydrogens (tertiary/aromatic N) is 2. The van der Waals surface area contributed by atoms with Crippen molar-refractivity contribution in [3.05, 3.63) is 26.4 Å². The fourth-order valence-corrected chi connectivity index (χ4v) is 4.71. The minimum Gasteiger partial charge on any atom is -0.494 e. The Balaban J connectivity index is 2.17. The lowest BCUT2D eigenvalue weighted by molar-refractivity contribution is -0.135. The number of carboxylic acid groups (broad SMARTS) is 1. The number of rotatable bonds is 5. The summed E-state index contributed by atoms with van der Waals surface area (Å²) in [7, 11) is 0. The van der Waals surface area contributed by atoms with Crippen LogP contribution in [0.25, 0.3) is 0 Å². The number of hydrogen-bond acceptors (Lipinski definition) is 5. The summed E-state index contributed by atoms with van der Waals surface area (Å²) in [5.74, 6) is -2.79. The molecule has 29 heavy (non-hydrogen) atoms. The van der Waals surface area contributed by atoms with Crippen LogP contribution < -0.4 is 16.6 Å². The third kappa shape index (κ3) is 4.23. The second-order valence-electron chi connectivity index (χ2n) is 8.22. The van der Waals surface area contributed by atoms with Crippen molar-refractivity contribution in [3.63, 3.8) is 0 Å². The van der Waals surface area contributed by atoms with Crippen molar-refractivity contribution < 1.29 is 19.8 Å². The maximum absolute atomic E-state index is 13.3. The summed E-state index contributed by atoms with van der Waals surface area (Å²) in [6, 6.07) is -0.627. The predicted molar refractivity (Wildman–Crippen MR) is 105 cm³/mol. The van der Waals surface area contributed by atoms with E-state index in [1.807, 2.05) is 6.92 Å². The van der Waals surface area contributed by atoms with Gasteiger partial charge in [-0.3, -0.25) is 23.5 Å². The number of carboxylic acids is 1. The van der Waals surface area contributed by atoms with Crippen LogP contribution in [0, 0.1) is 5.92 Å². The number of carbonyl (C=O) groups is 2. The van der Waals surface area contributed by atoms with Gasteiger partial charge in [0.05, 0.1) is 0 Å². The lowest BCUT2D eigenvalue weighted by Crippen LogP contribution is -2.48. The molecule has 0 saturated heterocycles. The van der Waals surface area contributed by atoms with E-state index in [-0.39, 0.29) is 18.0 Å². The average Bonchev–Trinajstić information content (AvgIpc) is 2.68.